The molecule has 0 aliphatic carbocycles. The molecule has 4 nitrogen and oxygen atoms in total. The van der Waals surface area contributed by atoms with Gasteiger partial charge in [-0.05, 0) is 17.7 Å². The molecule has 0 saturated carbocycles. The first kappa shape index (κ1) is 11.1. The minimum Gasteiger partial charge on any atom is -0.376 e. The summed E-state index contributed by atoms with van der Waals surface area (Å²) in [6, 6.07) is 6.37. The highest BCUT2D eigenvalue weighted by molar-refractivity contribution is 5.36. The molecule has 1 unspecified atom stereocenters. The second-order valence-corrected chi connectivity index (χ2v) is 4.26. The first-order valence-electron chi connectivity index (χ1n) is 5.68. The van der Waals surface area contributed by atoms with Gasteiger partial charge in [-0.25, -0.2) is 14.4 Å². The Hall–Kier alpha value is -2.01. The number of nitrogens with two attached hydrogens (primary N) is 1. The zero-order chi connectivity index (χ0) is 12.5. The summed E-state index contributed by atoms with van der Waals surface area (Å²) in [6.07, 6.45) is 1.69. The van der Waals surface area contributed by atoms with Gasteiger partial charge in [-0.3, -0.25) is 0 Å². The molecular weight excluding hydrogens is 233 g/mol. The molecular formula is C13H12FN3O. The molecule has 18 heavy (non-hydrogen) atoms. The van der Waals surface area contributed by atoms with Crippen molar-refractivity contribution in [2.45, 2.75) is 12.5 Å². The summed E-state index contributed by atoms with van der Waals surface area (Å²) < 4.78 is 18.5. The van der Waals surface area contributed by atoms with E-state index in [-0.39, 0.29) is 17.7 Å². The van der Waals surface area contributed by atoms with Crippen LogP contribution in [0, 0.1) is 5.82 Å². The second kappa shape index (κ2) is 4.34. The molecule has 1 atom stereocenters. The molecule has 2 N–H and O–H groups in total. The quantitative estimate of drug-likeness (QED) is 0.833. The molecule has 2 heterocycles. The van der Waals surface area contributed by atoms with Gasteiger partial charge in [0.1, 0.15) is 5.82 Å². The summed E-state index contributed by atoms with van der Waals surface area (Å²) in [5, 5.41) is 0. The Morgan fingerprint density at radius 3 is 2.83 bits per heavy atom. The number of hydrogen-bond donors (Lipinski definition) is 1. The molecule has 0 amide bonds. The molecule has 0 bridgehead atoms. The van der Waals surface area contributed by atoms with E-state index in [0.717, 1.165) is 16.8 Å². The van der Waals surface area contributed by atoms with Crippen LogP contribution in [0.1, 0.15) is 22.7 Å². The Morgan fingerprint density at radius 1 is 1.28 bits per heavy atom. The van der Waals surface area contributed by atoms with Crippen molar-refractivity contribution in [1.29, 1.82) is 0 Å². The SMILES string of the molecule is Nc1ncc2c(n1)C(c1ccc(F)cc1)COC2. The summed E-state index contributed by atoms with van der Waals surface area (Å²) in [7, 11) is 0. The molecule has 1 aliphatic heterocycles. The van der Waals surface area contributed by atoms with Gasteiger partial charge >= 0.3 is 0 Å². The van der Waals surface area contributed by atoms with Crippen LogP contribution in [0.25, 0.3) is 0 Å². The van der Waals surface area contributed by atoms with Crippen molar-refractivity contribution >= 4 is 5.95 Å². The van der Waals surface area contributed by atoms with E-state index in [1.54, 1.807) is 18.3 Å². The van der Waals surface area contributed by atoms with Crippen LogP contribution in [0.5, 0.6) is 0 Å². The van der Waals surface area contributed by atoms with Crippen molar-refractivity contribution in [3.05, 3.63) is 53.1 Å². The largest absolute Gasteiger partial charge is 0.376 e. The lowest BCUT2D eigenvalue weighted by Gasteiger charge is -2.24. The van der Waals surface area contributed by atoms with Crippen molar-refractivity contribution in [1.82, 2.24) is 9.97 Å². The number of benzene rings is 1. The predicted molar refractivity (Wildman–Crippen MR) is 64.3 cm³/mol. The molecule has 5 heteroatoms. The highest BCUT2D eigenvalue weighted by atomic mass is 19.1. The van der Waals surface area contributed by atoms with Crippen molar-refractivity contribution in [2.75, 3.05) is 12.3 Å². The van der Waals surface area contributed by atoms with Gasteiger partial charge in [-0.2, -0.15) is 0 Å². The number of nitrogens with zero attached hydrogens (tertiary/aromatic N) is 2. The Bertz CT molecular complexity index is 571. The van der Waals surface area contributed by atoms with Crippen molar-refractivity contribution in [3.63, 3.8) is 0 Å². The van der Waals surface area contributed by atoms with Gasteiger partial charge < -0.3 is 10.5 Å². The minimum absolute atomic E-state index is 0.0142. The Balaban J connectivity index is 2.05. The molecule has 0 saturated heterocycles. The standard InChI is InChI=1S/C13H12FN3O/c14-10-3-1-8(2-4-10)11-7-18-6-9-5-16-13(15)17-12(9)11/h1-5,11H,6-7H2,(H2,15,16,17). The number of fused-ring (bicyclic) bond motifs is 1. The van der Waals surface area contributed by atoms with Crippen LogP contribution >= 0.6 is 0 Å². The average Bonchev–Trinajstić information content (AvgIpc) is 2.39. The lowest BCUT2D eigenvalue weighted by atomic mass is 9.92. The monoisotopic (exact) mass is 245 g/mol. The van der Waals surface area contributed by atoms with Gasteiger partial charge in [-0.15, -0.1) is 0 Å². The summed E-state index contributed by atoms with van der Waals surface area (Å²) in [5.41, 5.74) is 8.40. The van der Waals surface area contributed by atoms with Gasteiger partial charge in [0.25, 0.3) is 0 Å². The maximum absolute atomic E-state index is 12.9. The molecule has 0 fully saturated rings. The lowest BCUT2D eigenvalue weighted by molar-refractivity contribution is 0.0973. The number of halogens is 1. The maximum atomic E-state index is 12.9. The first-order chi connectivity index (χ1) is 8.74. The predicted octanol–water partition coefficient (Wildman–Crippen LogP) is 1.86. The molecule has 92 valence electrons. The summed E-state index contributed by atoms with van der Waals surface area (Å²) in [6.45, 7) is 1.02. The van der Waals surface area contributed by atoms with Gasteiger partial charge in [0.05, 0.1) is 24.8 Å². The summed E-state index contributed by atoms with van der Waals surface area (Å²) in [4.78, 5) is 8.25. The fourth-order valence-corrected chi connectivity index (χ4v) is 2.16. The van der Waals surface area contributed by atoms with E-state index in [0.29, 0.717) is 13.2 Å². The van der Waals surface area contributed by atoms with Gasteiger partial charge in [0.15, 0.2) is 0 Å². The van der Waals surface area contributed by atoms with Gasteiger partial charge in [-0.1, -0.05) is 12.1 Å². The van der Waals surface area contributed by atoms with E-state index >= 15 is 0 Å². The molecule has 3 rings (SSSR count). The van der Waals surface area contributed by atoms with E-state index in [1.807, 2.05) is 0 Å². The molecule has 1 aliphatic rings. The lowest BCUT2D eigenvalue weighted by Crippen LogP contribution is -2.20. The molecule has 1 aromatic carbocycles. The smallest absolute Gasteiger partial charge is 0.220 e. The van der Waals surface area contributed by atoms with E-state index < -0.39 is 0 Å². The zero-order valence-electron chi connectivity index (χ0n) is 9.64. The molecule has 0 radical (unpaired) electrons. The van der Waals surface area contributed by atoms with Crippen LogP contribution in [0.2, 0.25) is 0 Å². The molecule has 0 spiro atoms. The van der Waals surface area contributed by atoms with Crippen molar-refractivity contribution < 1.29 is 9.13 Å². The average molecular weight is 245 g/mol. The van der Waals surface area contributed by atoms with Crippen molar-refractivity contribution in [3.8, 4) is 0 Å². The Morgan fingerprint density at radius 2 is 2.06 bits per heavy atom. The van der Waals surface area contributed by atoms with E-state index in [1.165, 1.54) is 12.1 Å². The van der Waals surface area contributed by atoms with Gasteiger partial charge in [0, 0.05) is 11.8 Å². The number of aromatic nitrogens is 2. The third-order valence-electron chi connectivity index (χ3n) is 3.06. The molecule has 1 aromatic heterocycles. The number of hydrogen-bond acceptors (Lipinski definition) is 4. The van der Waals surface area contributed by atoms with E-state index in [4.69, 9.17) is 10.5 Å². The number of nitrogen functional groups attached to an aromatic ring is 1. The minimum atomic E-state index is -0.252. The van der Waals surface area contributed by atoms with Crippen molar-refractivity contribution in [2.24, 2.45) is 0 Å². The van der Waals surface area contributed by atoms with E-state index in [9.17, 15) is 4.39 Å². The fraction of sp³-hybridized carbons (Fsp3) is 0.231. The third kappa shape index (κ3) is 1.93. The van der Waals surface area contributed by atoms with Crippen LogP contribution in [0.4, 0.5) is 10.3 Å². The zero-order valence-corrected chi connectivity index (χ0v) is 9.64. The maximum Gasteiger partial charge on any atom is 0.220 e. The van der Waals surface area contributed by atoms with Crippen LogP contribution in [-0.2, 0) is 11.3 Å². The summed E-state index contributed by atoms with van der Waals surface area (Å²) >= 11 is 0. The molecule has 2 aromatic rings. The normalized spacial score (nSPS) is 18.4. The van der Waals surface area contributed by atoms with Gasteiger partial charge in [0.2, 0.25) is 5.95 Å². The van der Waals surface area contributed by atoms with E-state index in [2.05, 4.69) is 9.97 Å². The first-order valence-corrected chi connectivity index (χ1v) is 5.68. The van der Waals surface area contributed by atoms with Crippen LogP contribution in [0.3, 0.4) is 0 Å². The number of anilines is 1. The van der Waals surface area contributed by atoms with Crippen LogP contribution < -0.4 is 5.73 Å². The topological polar surface area (TPSA) is 61.0 Å². The highest BCUT2D eigenvalue weighted by Gasteiger charge is 2.24. The number of ether oxygens (including phenoxy) is 1. The second-order valence-electron chi connectivity index (χ2n) is 4.26. The number of rotatable bonds is 1. The summed E-state index contributed by atoms with van der Waals surface area (Å²) in [5.74, 6) is -0.0136. The third-order valence-corrected chi connectivity index (χ3v) is 3.06. The van der Waals surface area contributed by atoms with Crippen LogP contribution in [0.15, 0.2) is 30.5 Å². The van der Waals surface area contributed by atoms with Crippen LogP contribution in [-0.4, -0.2) is 16.6 Å². The fourth-order valence-electron chi connectivity index (χ4n) is 2.16. The Kier molecular flexibility index (Phi) is 2.68. The Labute approximate surface area is 104 Å². The highest BCUT2D eigenvalue weighted by Crippen LogP contribution is 2.30.